The van der Waals surface area contributed by atoms with Crippen LogP contribution in [0.5, 0.6) is 5.88 Å². The van der Waals surface area contributed by atoms with E-state index in [9.17, 15) is 0 Å². The molecule has 0 bridgehead atoms. The molecule has 1 aromatic rings. The predicted molar refractivity (Wildman–Crippen MR) is 58.3 cm³/mol. The van der Waals surface area contributed by atoms with E-state index < -0.39 is 0 Å². The smallest absolute Gasteiger partial charge is 0.217 e. The van der Waals surface area contributed by atoms with E-state index in [-0.39, 0.29) is 6.61 Å². The summed E-state index contributed by atoms with van der Waals surface area (Å²) in [4.78, 5) is 0. The summed E-state index contributed by atoms with van der Waals surface area (Å²) in [7, 11) is 0. The second kappa shape index (κ2) is 3.92. The van der Waals surface area contributed by atoms with Crippen molar-refractivity contribution in [1.82, 2.24) is 15.1 Å². The Labute approximate surface area is 93.7 Å². The van der Waals surface area contributed by atoms with Gasteiger partial charge in [0.05, 0.1) is 24.4 Å². The number of ether oxygens (including phenoxy) is 1. The Bertz CT molecular complexity index is 437. The van der Waals surface area contributed by atoms with Crippen molar-refractivity contribution >= 4 is 0 Å². The van der Waals surface area contributed by atoms with Crippen LogP contribution in [0.15, 0.2) is 11.6 Å². The van der Waals surface area contributed by atoms with E-state index in [0.717, 1.165) is 36.7 Å². The quantitative estimate of drug-likeness (QED) is 0.647. The third-order valence-corrected chi connectivity index (χ3v) is 3.07. The van der Waals surface area contributed by atoms with Crippen molar-refractivity contribution in [2.75, 3.05) is 19.8 Å². The monoisotopic (exact) mass is 221 g/mol. The first kappa shape index (κ1) is 9.86. The van der Waals surface area contributed by atoms with Crippen molar-refractivity contribution in [1.29, 1.82) is 0 Å². The highest BCUT2D eigenvalue weighted by atomic mass is 16.5. The lowest BCUT2D eigenvalue weighted by Gasteiger charge is -2.12. The molecule has 5 nitrogen and oxygen atoms in total. The lowest BCUT2D eigenvalue weighted by Crippen LogP contribution is -2.23. The predicted octanol–water partition coefficient (Wildman–Crippen LogP) is -0.160. The minimum absolute atomic E-state index is 0.0750. The lowest BCUT2D eigenvalue weighted by atomic mass is 10.1. The molecule has 1 aromatic heterocycles. The van der Waals surface area contributed by atoms with E-state index in [4.69, 9.17) is 9.84 Å². The Kier molecular flexibility index (Phi) is 2.41. The van der Waals surface area contributed by atoms with Gasteiger partial charge in [-0.3, -0.25) is 0 Å². The normalized spacial score (nSPS) is 19.2. The average Bonchev–Trinajstić information content (AvgIpc) is 2.54. The van der Waals surface area contributed by atoms with Gasteiger partial charge in [-0.1, -0.05) is 0 Å². The molecule has 5 heteroatoms. The Morgan fingerprint density at radius 3 is 3.38 bits per heavy atom. The number of aliphatic hydroxyl groups excluding tert-OH is 1. The van der Waals surface area contributed by atoms with Gasteiger partial charge in [-0.05, 0) is 11.6 Å². The molecule has 0 radical (unpaired) electrons. The molecule has 0 amide bonds. The van der Waals surface area contributed by atoms with Crippen LogP contribution >= 0.6 is 0 Å². The standard InChI is InChI=1S/C11H15N3O2/c15-7-8-2-4-16-11-9-5-12-3-1-10(9)13-14(11)6-8/h2,12,15H,1,3-7H2. The molecule has 0 spiro atoms. The molecule has 0 aliphatic carbocycles. The van der Waals surface area contributed by atoms with E-state index >= 15 is 0 Å². The molecule has 0 fully saturated rings. The number of hydrogen-bond donors (Lipinski definition) is 2. The van der Waals surface area contributed by atoms with Crippen LogP contribution in [-0.2, 0) is 19.5 Å². The number of aromatic nitrogens is 2. The highest BCUT2D eigenvalue weighted by Gasteiger charge is 2.23. The third-order valence-electron chi connectivity index (χ3n) is 3.07. The van der Waals surface area contributed by atoms with Gasteiger partial charge in [0.15, 0.2) is 0 Å². The molecule has 2 aliphatic rings. The molecule has 2 aliphatic heterocycles. The van der Waals surface area contributed by atoms with Gasteiger partial charge in [-0.2, -0.15) is 5.10 Å². The van der Waals surface area contributed by atoms with Crippen LogP contribution in [0.1, 0.15) is 11.3 Å². The van der Waals surface area contributed by atoms with Gasteiger partial charge in [-0.25, -0.2) is 4.68 Å². The largest absolute Gasteiger partial charge is 0.473 e. The number of hydrogen-bond acceptors (Lipinski definition) is 4. The van der Waals surface area contributed by atoms with Gasteiger partial charge in [0.2, 0.25) is 5.88 Å². The Morgan fingerprint density at radius 2 is 2.50 bits per heavy atom. The summed E-state index contributed by atoms with van der Waals surface area (Å²) in [6.45, 7) is 3.05. The second-order valence-corrected chi connectivity index (χ2v) is 4.15. The summed E-state index contributed by atoms with van der Waals surface area (Å²) in [6.07, 6.45) is 2.88. The zero-order valence-corrected chi connectivity index (χ0v) is 9.07. The molecule has 3 heterocycles. The number of nitrogens with zero attached hydrogens (tertiary/aromatic N) is 2. The van der Waals surface area contributed by atoms with E-state index in [1.807, 2.05) is 10.8 Å². The molecule has 2 N–H and O–H groups in total. The topological polar surface area (TPSA) is 59.3 Å². The Morgan fingerprint density at radius 1 is 1.56 bits per heavy atom. The van der Waals surface area contributed by atoms with Gasteiger partial charge in [0.25, 0.3) is 0 Å². The zero-order chi connectivity index (χ0) is 11.0. The van der Waals surface area contributed by atoms with Gasteiger partial charge in [0.1, 0.15) is 6.61 Å². The first-order valence-electron chi connectivity index (χ1n) is 5.59. The maximum Gasteiger partial charge on any atom is 0.217 e. The SMILES string of the molecule is OCC1=CCOc2c3c(nn2C1)CCNC3. The molecule has 3 rings (SSSR count). The fourth-order valence-corrected chi connectivity index (χ4v) is 2.21. The van der Waals surface area contributed by atoms with E-state index in [0.29, 0.717) is 13.2 Å². The molecule has 0 saturated carbocycles. The fourth-order valence-electron chi connectivity index (χ4n) is 2.21. The minimum Gasteiger partial charge on any atom is -0.473 e. The second-order valence-electron chi connectivity index (χ2n) is 4.15. The molecule has 0 saturated heterocycles. The van der Waals surface area contributed by atoms with E-state index in [1.165, 1.54) is 5.56 Å². The summed E-state index contributed by atoms with van der Waals surface area (Å²) in [6, 6.07) is 0. The first-order valence-corrected chi connectivity index (χ1v) is 5.59. The van der Waals surface area contributed by atoms with Crippen molar-refractivity contribution in [2.24, 2.45) is 0 Å². The van der Waals surface area contributed by atoms with Crippen LogP contribution in [0.3, 0.4) is 0 Å². The van der Waals surface area contributed by atoms with E-state index in [1.54, 1.807) is 0 Å². The van der Waals surface area contributed by atoms with Gasteiger partial charge in [-0.15, -0.1) is 0 Å². The van der Waals surface area contributed by atoms with Crippen LogP contribution < -0.4 is 10.1 Å². The van der Waals surface area contributed by atoms with E-state index in [2.05, 4.69) is 10.4 Å². The summed E-state index contributed by atoms with van der Waals surface area (Å²) in [5.41, 5.74) is 3.28. The average molecular weight is 221 g/mol. The maximum atomic E-state index is 9.17. The van der Waals surface area contributed by atoms with Crippen LogP contribution in [0.25, 0.3) is 0 Å². The molecule has 0 atom stereocenters. The highest BCUT2D eigenvalue weighted by Crippen LogP contribution is 2.27. The zero-order valence-electron chi connectivity index (χ0n) is 9.07. The van der Waals surface area contributed by atoms with Crippen molar-refractivity contribution in [2.45, 2.75) is 19.5 Å². The summed E-state index contributed by atoms with van der Waals surface area (Å²) < 4.78 is 7.56. The van der Waals surface area contributed by atoms with Gasteiger partial charge >= 0.3 is 0 Å². The lowest BCUT2D eigenvalue weighted by molar-refractivity contribution is 0.320. The fraction of sp³-hybridized carbons (Fsp3) is 0.545. The summed E-state index contributed by atoms with van der Waals surface area (Å²) in [5.74, 6) is 0.863. The Balaban J connectivity index is 1.99. The number of nitrogens with one attached hydrogen (secondary N) is 1. The van der Waals surface area contributed by atoms with Crippen molar-refractivity contribution in [3.63, 3.8) is 0 Å². The third kappa shape index (κ3) is 1.52. The Hall–Kier alpha value is -1.33. The highest BCUT2D eigenvalue weighted by molar-refractivity contribution is 5.35. The molecule has 0 aromatic carbocycles. The van der Waals surface area contributed by atoms with Crippen molar-refractivity contribution in [3.8, 4) is 5.88 Å². The number of aliphatic hydroxyl groups is 1. The summed E-state index contributed by atoms with van der Waals surface area (Å²) >= 11 is 0. The number of fused-ring (bicyclic) bond motifs is 3. The van der Waals surface area contributed by atoms with Crippen molar-refractivity contribution < 1.29 is 9.84 Å². The molecule has 16 heavy (non-hydrogen) atoms. The van der Waals surface area contributed by atoms with Crippen LogP contribution in [-0.4, -0.2) is 34.6 Å². The van der Waals surface area contributed by atoms with Crippen LogP contribution in [0.4, 0.5) is 0 Å². The first-order chi connectivity index (χ1) is 7.88. The summed E-state index contributed by atoms with van der Waals surface area (Å²) in [5, 5.41) is 17.0. The van der Waals surface area contributed by atoms with Gasteiger partial charge in [0, 0.05) is 19.5 Å². The molecular formula is C11H15N3O2. The molecular weight excluding hydrogens is 206 g/mol. The van der Waals surface area contributed by atoms with Gasteiger partial charge < -0.3 is 15.2 Å². The minimum atomic E-state index is 0.0750. The number of rotatable bonds is 1. The van der Waals surface area contributed by atoms with Crippen LogP contribution in [0.2, 0.25) is 0 Å². The van der Waals surface area contributed by atoms with Crippen LogP contribution in [0, 0.1) is 0 Å². The maximum absolute atomic E-state index is 9.17. The molecule has 86 valence electrons. The van der Waals surface area contributed by atoms with Crippen molar-refractivity contribution in [3.05, 3.63) is 22.9 Å². The molecule has 0 unspecified atom stereocenters.